The van der Waals surface area contributed by atoms with Crippen molar-refractivity contribution in [3.05, 3.63) is 38.5 Å². The van der Waals surface area contributed by atoms with Gasteiger partial charge in [-0.2, -0.15) is 0 Å². The van der Waals surface area contributed by atoms with Crippen LogP contribution in [0.3, 0.4) is 0 Å². The maximum absolute atomic E-state index is 12.5. The molecule has 0 aromatic carbocycles. The summed E-state index contributed by atoms with van der Waals surface area (Å²) >= 11 is 2.82. The Balaban J connectivity index is 1.82. The van der Waals surface area contributed by atoms with Gasteiger partial charge in [-0.25, -0.2) is 4.98 Å². The van der Waals surface area contributed by atoms with Crippen LogP contribution in [0.15, 0.2) is 23.7 Å². The van der Waals surface area contributed by atoms with Crippen molar-refractivity contribution in [3.63, 3.8) is 0 Å². The summed E-state index contributed by atoms with van der Waals surface area (Å²) in [5.74, 6) is -0.0722. The third-order valence-corrected chi connectivity index (χ3v) is 5.46. The van der Waals surface area contributed by atoms with Gasteiger partial charge in [-0.1, -0.05) is 6.07 Å². The summed E-state index contributed by atoms with van der Waals surface area (Å²) in [6.07, 6.45) is 3.46. The third-order valence-electron chi connectivity index (χ3n) is 3.51. The van der Waals surface area contributed by atoms with Gasteiger partial charge in [0.05, 0.1) is 17.1 Å². The number of thiazole rings is 1. The van der Waals surface area contributed by atoms with Crippen LogP contribution in [0, 0.1) is 0 Å². The number of amides is 2. The van der Waals surface area contributed by atoms with Crippen molar-refractivity contribution in [1.29, 1.82) is 0 Å². The molecule has 21 heavy (non-hydrogen) atoms. The minimum Gasteiger partial charge on any atom is -0.354 e. The minimum absolute atomic E-state index is 0.0111. The predicted octanol–water partition coefficient (Wildman–Crippen LogP) is 2.54. The van der Waals surface area contributed by atoms with Gasteiger partial charge >= 0.3 is 0 Å². The van der Waals surface area contributed by atoms with Crippen LogP contribution in [0.1, 0.15) is 43.2 Å². The molecule has 0 radical (unpaired) electrons. The molecule has 0 saturated carbocycles. The Hall–Kier alpha value is -1.73. The molecule has 2 aromatic rings. The van der Waals surface area contributed by atoms with Crippen LogP contribution in [-0.4, -0.2) is 35.3 Å². The number of thiophene rings is 1. The number of aromatic nitrogens is 1. The number of hydrogen-bond donors (Lipinski definition) is 1. The summed E-state index contributed by atoms with van der Waals surface area (Å²) in [6.45, 7) is 0.746. The van der Waals surface area contributed by atoms with Crippen molar-refractivity contribution < 1.29 is 9.59 Å². The second kappa shape index (κ2) is 5.95. The highest BCUT2D eigenvalue weighted by atomic mass is 32.1. The van der Waals surface area contributed by atoms with Gasteiger partial charge in [0.15, 0.2) is 0 Å². The second-order valence-corrected chi connectivity index (χ2v) is 6.79. The first-order valence-electron chi connectivity index (χ1n) is 6.73. The molecule has 3 heterocycles. The molecular weight excluding hydrogens is 306 g/mol. The van der Waals surface area contributed by atoms with E-state index in [2.05, 4.69) is 10.3 Å². The molecule has 1 N–H and O–H groups in total. The van der Waals surface area contributed by atoms with E-state index in [1.165, 1.54) is 22.7 Å². The molecule has 1 aliphatic heterocycles. The molecule has 2 amide bonds. The van der Waals surface area contributed by atoms with Crippen LogP contribution in [0.2, 0.25) is 0 Å². The number of nitrogens with one attached hydrogen (secondary N) is 1. The smallest absolute Gasteiger partial charge is 0.264 e. The predicted molar refractivity (Wildman–Crippen MR) is 82.8 cm³/mol. The van der Waals surface area contributed by atoms with Gasteiger partial charge < -0.3 is 10.2 Å². The Bertz CT molecular complexity index is 651. The van der Waals surface area contributed by atoms with Gasteiger partial charge in [0, 0.05) is 13.6 Å². The van der Waals surface area contributed by atoms with Crippen molar-refractivity contribution in [2.45, 2.75) is 18.9 Å². The Morgan fingerprint density at radius 3 is 3.00 bits per heavy atom. The van der Waals surface area contributed by atoms with Crippen molar-refractivity contribution in [2.75, 3.05) is 13.6 Å². The molecule has 0 spiro atoms. The first-order valence-corrected chi connectivity index (χ1v) is 8.42. The number of hydrogen-bond acceptors (Lipinski definition) is 5. The van der Waals surface area contributed by atoms with Crippen molar-refractivity contribution in [3.8, 4) is 0 Å². The molecule has 1 atom stereocenters. The van der Waals surface area contributed by atoms with Gasteiger partial charge in [0.2, 0.25) is 0 Å². The highest BCUT2D eigenvalue weighted by molar-refractivity contribution is 7.13. The molecule has 0 bridgehead atoms. The number of nitrogens with zero attached hydrogens (tertiary/aromatic N) is 2. The van der Waals surface area contributed by atoms with Crippen LogP contribution in [0.4, 0.5) is 0 Å². The van der Waals surface area contributed by atoms with E-state index in [1.807, 2.05) is 22.4 Å². The van der Waals surface area contributed by atoms with E-state index in [9.17, 15) is 9.59 Å². The van der Waals surface area contributed by atoms with Gasteiger partial charge in [-0.05, 0) is 24.3 Å². The van der Waals surface area contributed by atoms with Gasteiger partial charge in [-0.15, -0.1) is 22.7 Å². The van der Waals surface area contributed by atoms with Crippen LogP contribution in [0.5, 0.6) is 0 Å². The SMILES string of the molecule is CNC(=O)c1cnc([C@H]2CCCN2C(=O)c2cccs2)s1. The van der Waals surface area contributed by atoms with E-state index >= 15 is 0 Å². The first kappa shape index (κ1) is 14.2. The number of carbonyl (C=O) groups excluding carboxylic acids is 2. The molecule has 2 aromatic heterocycles. The molecule has 1 aliphatic rings. The molecule has 5 nitrogen and oxygen atoms in total. The fourth-order valence-electron chi connectivity index (χ4n) is 2.48. The van der Waals surface area contributed by atoms with E-state index in [0.717, 1.165) is 29.3 Å². The quantitative estimate of drug-likeness (QED) is 0.945. The van der Waals surface area contributed by atoms with Crippen molar-refractivity contribution in [2.24, 2.45) is 0 Å². The number of rotatable bonds is 3. The average molecular weight is 321 g/mol. The monoisotopic (exact) mass is 321 g/mol. The molecule has 1 fully saturated rings. The van der Waals surface area contributed by atoms with Gasteiger partial charge in [-0.3, -0.25) is 9.59 Å². The second-order valence-electron chi connectivity index (χ2n) is 4.78. The van der Waals surface area contributed by atoms with E-state index in [4.69, 9.17) is 0 Å². The van der Waals surface area contributed by atoms with Gasteiger partial charge in [0.1, 0.15) is 9.88 Å². The normalized spacial score (nSPS) is 18.0. The zero-order valence-corrected chi connectivity index (χ0v) is 13.2. The Labute approximate surface area is 130 Å². The lowest BCUT2D eigenvalue weighted by atomic mass is 10.2. The van der Waals surface area contributed by atoms with E-state index in [-0.39, 0.29) is 17.9 Å². The summed E-state index contributed by atoms with van der Waals surface area (Å²) in [4.78, 5) is 31.7. The maximum atomic E-state index is 12.5. The maximum Gasteiger partial charge on any atom is 0.264 e. The summed E-state index contributed by atoms with van der Waals surface area (Å²) < 4.78 is 0. The number of carbonyl (C=O) groups is 2. The van der Waals surface area contributed by atoms with Crippen LogP contribution in [0.25, 0.3) is 0 Å². The first-order chi connectivity index (χ1) is 10.2. The Morgan fingerprint density at radius 2 is 2.29 bits per heavy atom. The summed E-state index contributed by atoms with van der Waals surface area (Å²) in [5, 5.41) is 5.35. The van der Waals surface area contributed by atoms with Gasteiger partial charge in [0.25, 0.3) is 11.8 Å². The fraction of sp³-hybridized carbons (Fsp3) is 0.357. The molecule has 0 aliphatic carbocycles. The standard InChI is InChI=1S/C14H15N3O2S2/c1-15-12(18)11-8-16-13(21-11)9-4-2-6-17(9)14(19)10-5-3-7-20-10/h3,5,7-9H,2,4,6H2,1H3,(H,15,18)/t9-/m1/s1. The van der Waals surface area contributed by atoms with E-state index < -0.39 is 0 Å². The Kier molecular flexibility index (Phi) is 4.03. The van der Waals surface area contributed by atoms with E-state index in [0.29, 0.717) is 4.88 Å². The van der Waals surface area contributed by atoms with Crippen molar-refractivity contribution in [1.82, 2.24) is 15.2 Å². The molecule has 1 saturated heterocycles. The lowest BCUT2D eigenvalue weighted by Gasteiger charge is -2.22. The molecule has 7 heteroatoms. The molecule has 110 valence electrons. The van der Waals surface area contributed by atoms with Crippen LogP contribution in [-0.2, 0) is 0 Å². The number of likely N-dealkylation sites (tertiary alicyclic amines) is 1. The van der Waals surface area contributed by atoms with Crippen LogP contribution < -0.4 is 5.32 Å². The molecular formula is C14H15N3O2S2. The highest BCUT2D eigenvalue weighted by Gasteiger charge is 2.33. The molecule has 0 unspecified atom stereocenters. The highest BCUT2D eigenvalue weighted by Crippen LogP contribution is 2.35. The summed E-state index contributed by atoms with van der Waals surface area (Å²) in [7, 11) is 1.60. The zero-order valence-electron chi connectivity index (χ0n) is 11.5. The zero-order chi connectivity index (χ0) is 14.8. The largest absolute Gasteiger partial charge is 0.354 e. The summed E-state index contributed by atoms with van der Waals surface area (Å²) in [6, 6.07) is 3.72. The minimum atomic E-state index is -0.132. The topological polar surface area (TPSA) is 62.3 Å². The lowest BCUT2D eigenvalue weighted by Crippen LogP contribution is -2.29. The lowest BCUT2D eigenvalue weighted by molar-refractivity contribution is 0.0740. The third kappa shape index (κ3) is 2.71. The van der Waals surface area contributed by atoms with Crippen molar-refractivity contribution >= 4 is 34.5 Å². The van der Waals surface area contributed by atoms with Crippen LogP contribution >= 0.6 is 22.7 Å². The Morgan fingerprint density at radius 1 is 1.43 bits per heavy atom. The summed E-state index contributed by atoms with van der Waals surface area (Å²) in [5.41, 5.74) is 0. The molecule has 3 rings (SSSR count). The van der Waals surface area contributed by atoms with E-state index in [1.54, 1.807) is 13.2 Å². The fourth-order valence-corrected chi connectivity index (χ4v) is 4.17. The average Bonchev–Trinajstić information content (AvgIpc) is 3.25.